The predicted octanol–water partition coefficient (Wildman–Crippen LogP) is 2.49. The van der Waals surface area contributed by atoms with Crippen molar-refractivity contribution in [3.63, 3.8) is 0 Å². The quantitative estimate of drug-likeness (QED) is 0.943. The first kappa shape index (κ1) is 13.6. The van der Waals surface area contributed by atoms with Crippen LogP contribution in [0.2, 0.25) is 0 Å². The molecule has 1 aromatic carbocycles. The molecule has 106 valence electrons. The Morgan fingerprint density at radius 2 is 2.00 bits per heavy atom. The van der Waals surface area contributed by atoms with Crippen LogP contribution in [0.25, 0.3) is 11.3 Å². The average Bonchev–Trinajstić information content (AvgIpc) is 2.91. The van der Waals surface area contributed by atoms with E-state index in [2.05, 4.69) is 15.2 Å². The van der Waals surface area contributed by atoms with Gasteiger partial charge in [0.2, 0.25) is 0 Å². The fourth-order valence-corrected chi connectivity index (χ4v) is 3.08. The van der Waals surface area contributed by atoms with Crippen LogP contribution in [0.15, 0.2) is 23.6 Å². The van der Waals surface area contributed by atoms with Gasteiger partial charge in [-0.15, -0.1) is 11.3 Å². The molecule has 1 fully saturated rings. The van der Waals surface area contributed by atoms with E-state index in [9.17, 15) is 8.78 Å². The van der Waals surface area contributed by atoms with Crippen molar-refractivity contribution >= 4 is 11.3 Å². The predicted molar refractivity (Wildman–Crippen MR) is 75.6 cm³/mol. The molecule has 0 amide bonds. The maximum atomic E-state index is 13.2. The molecule has 3 nitrogen and oxygen atoms in total. The molecule has 0 unspecified atom stereocenters. The average molecular weight is 295 g/mol. The van der Waals surface area contributed by atoms with Crippen molar-refractivity contribution < 1.29 is 8.78 Å². The third kappa shape index (κ3) is 3.03. The smallest absolute Gasteiger partial charge is 0.159 e. The van der Waals surface area contributed by atoms with Crippen molar-refractivity contribution in [3.05, 3.63) is 40.2 Å². The number of rotatable bonds is 3. The number of piperazine rings is 1. The van der Waals surface area contributed by atoms with Crippen LogP contribution in [0.5, 0.6) is 0 Å². The van der Waals surface area contributed by atoms with Gasteiger partial charge in [0.1, 0.15) is 5.01 Å². The zero-order valence-corrected chi connectivity index (χ0v) is 11.7. The molecular weight excluding hydrogens is 280 g/mol. The van der Waals surface area contributed by atoms with Gasteiger partial charge in [0, 0.05) is 37.1 Å². The van der Waals surface area contributed by atoms with Gasteiger partial charge in [-0.1, -0.05) is 0 Å². The zero-order valence-electron chi connectivity index (χ0n) is 10.9. The molecule has 1 aliphatic heterocycles. The van der Waals surface area contributed by atoms with Gasteiger partial charge in [-0.05, 0) is 18.2 Å². The minimum atomic E-state index is -0.834. The lowest BCUT2D eigenvalue weighted by Crippen LogP contribution is -2.42. The van der Waals surface area contributed by atoms with Crippen molar-refractivity contribution in [2.75, 3.05) is 26.2 Å². The molecule has 0 radical (unpaired) electrons. The Morgan fingerprint density at radius 1 is 1.20 bits per heavy atom. The molecular formula is C14H15F2N3S. The molecule has 0 saturated carbocycles. The van der Waals surface area contributed by atoms with E-state index in [4.69, 9.17) is 0 Å². The van der Waals surface area contributed by atoms with Crippen LogP contribution in [0.3, 0.4) is 0 Å². The molecule has 1 saturated heterocycles. The number of nitrogens with zero attached hydrogens (tertiary/aromatic N) is 2. The highest BCUT2D eigenvalue weighted by molar-refractivity contribution is 7.09. The van der Waals surface area contributed by atoms with Crippen LogP contribution in [0.4, 0.5) is 8.78 Å². The van der Waals surface area contributed by atoms with Crippen LogP contribution in [-0.2, 0) is 6.54 Å². The summed E-state index contributed by atoms with van der Waals surface area (Å²) in [5.74, 6) is -1.66. The van der Waals surface area contributed by atoms with Crippen molar-refractivity contribution in [1.29, 1.82) is 0 Å². The lowest BCUT2D eigenvalue weighted by Gasteiger charge is -2.26. The number of nitrogens with one attached hydrogen (secondary N) is 1. The van der Waals surface area contributed by atoms with Gasteiger partial charge >= 0.3 is 0 Å². The number of hydrogen-bond donors (Lipinski definition) is 1. The summed E-state index contributed by atoms with van der Waals surface area (Å²) >= 11 is 1.56. The van der Waals surface area contributed by atoms with Crippen LogP contribution < -0.4 is 5.32 Å². The van der Waals surface area contributed by atoms with Gasteiger partial charge in [0.15, 0.2) is 11.6 Å². The van der Waals surface area contributed by atoms with Gasteiger partial charge in [-0.25, -0.2) is 13.8 Å². The topological polar surface area (TPSA) is 28.2 Å². The summed E-state index contributed by atoms with van der Waals surface area (Å²) in [7, 11) is 0. The molecule has 0 aliphatic carbocycles. The zero-order chi connectivity index (χ0) is 13.9. The first-order chi connectivity index (χ1) is 9.72. The molecule has 20 heavy (non-hydrogen) atoms. The summed E-state index contributed by atoms with van der Waals surface area (Å²) in [6, 6.07) is 3.89. The van der Waals surface area contributed by atoms with Crippen LogP contribution in [0, 0.1) is 11.6 Å². The summed E-state index contributed by atoms with van der Waals surface area (Å²) in [5, 5.41) is 6.21. The molecule has 1 aliphatic rings. The molecule has 3 rings (SSSR count). The molecule has 6 heteroatoms. The molecule has 2 aromatic rings. The van der Waals surface area contributed by atoms with E-state index < -0.39 is 11.6 Å². The third-order valence-electron chi connectivity index (χ3n) is 3.34. The second-order valence-electron chi connectivity index (χ2n) is 4.78. The maximum Gasteiger partial charge on any atom is 0.159 e. The minimum absolute atomic E-state index is 0.617. The first-order valence-corrected chi connectivity index (χ1v) is 7.43. The molecule has 1 aromatic heterocycles. The Hall–Kier alpha value is -1.37. The Bertz CT molecular complexity index is 594. The Labute approximate surface area is 120 Å². The highest BCUT2D eigenvalue weighted by Crippen LogP contribution is 2.24. The highest BCUT2D eigenvalue weighted by Gasteiger charge is 2.13. The summed E-state index contributed by atoms with van der Waals surface area (Å²) < 4.78 is 26.2. The van der Waals surface area contributed by atoms with E-state index in [0.29, 0.717) is 11.3 Å². The summed E-state index contributed by atoms with van der Waals surface area (Å²) in [6.45, 7) is 4.85. The van der Waals surface area contributed by atoms with Crippen molar-refractivity contribution in [1.82, 2.24) is 15.2 Å². The monoisotopic (exact) mass is 295 g/mol. The lowest BCUT2D eigenvalue weighted by molar-refractivity contribution is 0.233. The van der Waals surface area contributed by atoms with Crippen LogP contribution in [0.1, 0.15) is 5.01 Å². The molecule has 0 bridgehead atoms. The highest BCUT2D eigenvalue weighted by atomic mass is 32.1. The standard InChI is InChI=1S/C14H15F2N3S/c15-11-2-1-10(7-12(11)16)13-9-20-14(18-13)8-19-5-3-17-4-6-19/h1-2,7,9,17H,3-6,8H2. The van der Waals surface area contributed by atoms with Gasteiger partial charge in [0.25, 0.3) is 0 Å². The van der Waals surface area contributed by atoms with Crippen LogP contribution >= 0.6 is 11.3 Å². The third-order valence-corrected chi connectivity index (χ3v) is 4.17. The summed E-state index contributed by atoms with van der Waals surface area (Å²) in [5.41, 5.74) is 1.32. The van der Waals surface area contributed by atoms with E-state index in [0.717, 1.165) is 43.8 Å². The van der Waals surface area contributed by atoms with E-state index in [-0.39, 0.29) is 0 Å². The van der Waals surface area contributed by atoms with E-state index in [1.54, 1.807) is 17.4 Å². The molecule has 1 N–H and O–H groups in total. The summed E-state index contributed by atoms with van der Waals surface area (Å²) in [6.07, 6.45) is 0. The van der Waals surface area contributed by atoms with E-state index in [1.807, 2.05) is 5.38 Å². The Kier molecular flexibility index (Phi) is 4.05. The second kappa shape index (κ2) is 5.95. The van der Waals surface area contributed by atoms with Gasteiger partial charge in [-0.2, -0.15) is 0 Å². The van der Waals surface area contributed by atoms with Gasteiger partial charge in [0.05, 0.1) is 12.2 Å². The number of hydrogen-bond acceptors (Lipinski definition) is 4. The minimum Gasteiger partial charge on any atom is -0.314 e. The summed E-state index contributed by atoms with van der Waals surface area (Å²) in [4.78, 5) is 6.85. The largest absolute Gasteiger partial charge is 0.314 e. The fourth-order valence-electron chi connectivity index (χ4n) is 2.23. The van der Waals surface area contributed by atoms with Crippen molar-refractivity contribution in [3.8, 4) is 11.3 Å². The molecule has 0 atom stereocenters. The number of thiazole rings is 1. The normalized spacial score (nSPS) is 16.5. The number of benzene rings is 1. The molecule has 0 spiro atoms. The maximum absolute atomic E-state index is 13.2. The SMILES string of the molecule is Fc1ccc(-c2csc(CN3CCNCC3)n2)cc1F. The van der Waals surface area contributed by atoms with Crippen molar-refractivity contribution in [2.24, 2.45) is 0 Å². The number of aromatic nitrogens is 1. The number of halogens is 2. The van der Waals surface area contributed by atoms with E-state index >= 15 is 0 Å². The van der Waals surface area contributed by atoms with Gasteiger partial charge < -0.3 is 5.32 Å². The lowest BCUT2D eigenvalue weighted by atomic mass is 10.2. The Morgan fingerprint density at radius 3 is 2.75 bits per heavy atom. The van der Waals surface area contributed by atoms with Crippen molar-refractivity contribution in [2.45, 2.75) is 6.54 Å². The molecule has 2 heterocycles. The van der Waals surface area contributed by atoms with E-state index in [1.165, 1.54) is 6.07 Å². The fraction of sp³-hybridized carbons (Fsp3) is 0.357. The second-order valence-corrected chi connectivity index (χ2v) is 5.72. The van der Waals surface area contributed by atoms with Crippen LogP contribution in [-0.4, -0.2) is 36.1 Å². The first-order valence-electron chi connectivity index (χ1n) is 6.55. The Balaban J connectivity index is 1.73. The van der Waals surface area contributed by atoms with Gasteiger partial charge in [-0.3, -0.25) is 4.90 Å².